The Labute approximate surface area is 264 Å². The van der Waals surface area contributed by atoms with Gasteiger partial charge in [0.15, 0.2) is 0 Å². The minimum absolute atomic E-state index is 0.275. The van der Waals surface area contributed by atoms with Gasteiger partial charge >= 0.3 is 0 Å². The van der Waals surface area contributed by atoms with Gasteiger partial charge in [0.2, 0.25) is 0 Å². The quantitative estimate of drug-likeness (QED) is 0.206. The van der Waals surface area contributed by atoms with Crippen LogP contribution in [0.25, 0.3) is 44.3 Å². The Bertz CT molecular complexity index is 2190. The van der Waals surface area contributed by atoms with Crippen molar-refractivity contribution in [2.45, 2.75) is 51.5 Å². The molecule has 0 fully saturated rings. The van der Waals surface area contributed by atoms with Crippen LogP contribution in [0.3, 0.4) is 0 Å². The van der Waals surface area contributed by atoms with Crippen LogP contribution in [0.5, 0.6) is 0 Å². The summed E-state index contributed by atoms with van der Waals surface area (Å²) in [5.41, 5.74) is 14.2. The van der Waals surface area contributed by atoms with E-state index in [0.717, 1.165) is 44.2 Å². The van der Waals surface area contributed by atoms with E-state index in [1.807, 2.05) is 0 Å². The summed E-state index contributed by atoms with van der Waals surface area (Å²) in [7, 11) is 0. The first-order chi connectivity index (χ1) is 22.3. The lowest BCUT2D eigenvalue weighted by molar-refractivity contribution is 0.573. The molecule has 0 spiro atoms. The molecule has 1 atom stereocenters. The fourth-order valence-electron chi connectivity index (χ4n) is 8.01. The van der Waals surface area contributed by atoms with Gasteiger partial charge in [0, 0.05) is 52.3 Å². The third-order valence-corrected chi connectivity index (χ3v) is 9.97. The predicted molar refractivity (Wildman–Crippen MR) is 187 cm³/mol. The number of hydrogen-bond donors (Lipinski definition) is 0. The maximum atomic E-state index is 5.20. The van der Waals surface area contributed by atoms with Gasteiger partial charge in [-0.25, -0.2) is 4.98 Å². The number of aryl methyl sites for hydroxylation is 1. The summed E-state index contributed by atoms with van der Waals surface area (Å²) < 4.78 is 4.80. The van der Waals surface area contributed by atoms with Crippen LogP contribution in [0.15, 0.2) is 133 Å². The number of anilines is 1. The molecule has 1 aliphatic heterocycles. The van der Waals surface area contributed by atoms with E-state index in [-0.39, 0.29) is 5.92 Å². The third-order valence-electron chi connectivity index (χ3n) is 9.97. The number of para-hydroxylation sites is 4. The van der Waals surface area contributed by atoms with Crippen molar-refractivity contribution in [2.75, 3.05) is 4.90 Å². The van der Waals surface area contributed by atoms with Crippen molar-refractivity contribution in [3.05, 3.63) is 144 Å². The molecule has 1 unspecified atom stereocenters. The largest absolute Gasteiger partial charge is 0.328 e. The van der Waals surface area contributed by atoms with E-state index < -0.39 is 0 Å². The first-order valence-corrected chi connectivity index (χ1v) is 16.4. The van der Waals surface area contributed by atoms with Crippen LogP contribution < -0.4 is 4.90 Å². The normalized spacial score (nSPS) is 17.7. The highest BCUT2D eigenvalue weighted by molar-refractivity contribution is 6.07. The highest BCUT2D eigenvalue weighted by Gasteiger charge is 2.32. The van der Waals surface area contributed by atoms with Gasteiger partial charge in [-0.15, -0.1) is 0 Å². The summed E-state index contributed by atoms with van der Waals surface area (Å²) in [4.78, 5) is 7.81. The second-order valence-electron chi connectivity index (χ2n) is 12.5. The number of nitrogens with zero attached hydrogens (tertiary/aromatic N) is 4. The second-order valence-corrected chi connectivity index (χ2v) is 12.5. The van der Waals surface area contributed by atoms with Gasteiger partial charge in [0.1, 0.15) is 5.82 Å². The molecule has 4 heteroatoms. The van der Waals surface area contributed by atoms with Gasteiger partial charge in [0.25, 0.3) is 0 Å². The fraction of sp³-hybridized carbons (Fsp3) is 0.195. The minimum Gasteiger partial charge on any atom is -0.328 e. The average molecular weight is 585 g/mol. The van der Waals surface area contributed by atoms with E-state index in [1.165, 1.54) is 67.3 Å². The van der Waals surface area contributed by atoms with Gasteiger partial charge < -0.3 is 14.0 Å². The Morgan fingerprint density at radius 3 is 2.58 bits per heavy atom. The Kier molecular flexibility index (Phi) is 6.15. The Morgan fingerprint density at radius 2 is 1.67 bits per heavy atom. The van der Waals surface area contributed by atoms with Gasteiger partial charge in [-0.05, 0) is 92.6 Å². The van der Waals surface area contributed by atoms with Crippen molar-refractivity contribution in [3.8, 4) is 16.8 Å². The van der Waals surface area contributed by atoms with Crippen molar-refractivity contribution in [1.82, 2.24) is 14.1 Å². The van der Waals surface area contributed by atoms with Crippen LogP contribution >= 0.6 is 0 Å². The summed E-state index contributed by atoms with van der Waals surface area (Å²) in [5.74, 6) is 1.47. The molecule has 0 bridgehead atoms. The lowest BCUT2D eigenvalue weighted by Gasteiger charge is -2.34. The van der Waals surface area contributed by atoms with Crippen LogP contribution in [-0.4, -0.2) is 14.1 Å². The summed E-state index contributed by atoms with van der Waals surface area (Å²) in [6.45, 7) is 3.16. The first kappa shape index (κ1) is 26.3. The first-order valence-electron chi connectivity index (χ1n) is 16.4. The molecular weight excluding hydrogens is 548 g/mol. The molecule has 9 rings (SSSR count). The fourth-order valence-corrected chi connectivity index (χ4v) is 8.01. The molecule has 45 heavy (non-hydrogen) atoms. The van der Waals surface area contributed by atoms with E-state index in [1.54, 1.807) is 0 Å². The molecule has 6 aromatic rings. The molecule has 4 nitrogen and oxygen atoms in total. The van der Waals surface area contributed by atoms with Crippen molar-refractivity contribution < 1.29 is 0 Å². The van der Waals surface area contributed by atoms with Crippen molar-refractivity contribution >= 4 is 33.2 Å². The minimum atomic E-state index is 0.275. The lowest BCUT2D eigenvalue weighted by atomic mass is 9.88. The van der Waals surface area contributed by atoms with E-state index >= 15 is 0 Å². The number of hydrogen-bond acceptors (Lipinski definition) is 2. The van der Waals surface area contributed by atoms with Gasteiger partial charge in [0.05, 0.1) is 22.2 Å². The van der Waals surface area contributed by atoms with E-state index in [2.05, 4.69) is 142 Å². The number of allylic oxidation sites excluding steroid dienone is 5. The third kappa shape index (κ3) is 4.09. The highest BCUT2D eigenvalue weighted by Crippen LogP contribution is 2.50. The smallest absolute Gasteiger partial charge is 0.116 e. The number of fused-ring (bicyclic) bond motifs is 7. The molecule has 2 aliphatic carbocycles. The standard InChI is InChI=1S/C41H36N4/c1-2-43-38-22-11-8-19-35(38)42-41(43)29-13-12-16-31(27-29)45-36-20-9-6-17-32(36)33-24-23-28-25-26-44(30-14-4-3-5-15-30)40(28)39(33)34-18-7-10-21-37(34)45/h3-5,7-11,14-15,18-27,29H,2,6,12-13,16-17H2,1H3. The Hall–Kier alpha value is -5.09. The zero-order valence-corrected chi connectivity index (χ0v) is 25.7. The topological polar surface area (TPSA) is 26.0 Å². The van der Waals surface area contributed by atoms with Crippen LogP contribution in [-0.2, 0) is 6.54 Å². The number of imidazole rings is 1. The zero-order chi connectivity index (χ0) is 29.9. The predicted octanol–water partition coefficient (Wildman–Crippen LogP) is 10.4. The summed E-state index contributed by atoms with van der Waals surface area (Å²) >= 11 is 0. The van der Waals surface area contributed by atoms with Gasteiger partial charge in [-0.3, -0.25) is 0 Å². The molecule has 0 saturated carbocycles. The van der Waals surface area contributed by atoms with E-state index in [0.29, 0.717) is 0 Å². The summed E-state index contributed by atoms with van der Waals surface area (Å²) in [6, 6.07) is 35.4. The maximum absolute atomic E-state index is 5.20. The van der Waals surface area contributed by atoms with Crippen LogP contribution in [0.4, 0.5) is 5.69 Å². The molecule has 4 aromatic carbocycles. The Morgan fingerprint density at radius 1 is 0.822 bits per heavy atom. The molecular formula is C41H36N4. The maximum Gasteiger partial charge on any atom is 0.116 e. The molecule has 0 amide bonds. The molecule has 2 aromatic heterocycles. The van der Waals surface area contributed by atoms with Crippen LogP contribution in [0.2, 0.25) is 0 Å². The van der Waals surface area contributed by atoms with Crippen molar-refractivity contribution in [3.63, 3.8) is 0 Å². The average Bonchev–Trinajstić information content (AvgIpc) is 3.68. The van der Waals surface area contributed by atoms with Crippen molar-refractivity contribution in [1.29, 1.82) is 0 Å². The second kappa shape index (κ2) is 10.5. The molecule has 3 heterocycles. The number of rotatable bonds is 4. The highest BCUT2D eigenvalue weighted by atomic mass is 15.2. The SMILES string of the molecule is CCn1c(C2C=C(N3C4=C(CCC=C4)c4ccc5ccn(-c6ccccc6)c5c4-c4ccccc43)CCC2)nc2ccccc21. The monoisotopic (exact) mass is 584 g/mol. The van der Waals surface area contributed by atoms with Gasteiger partial charge in [-0.1, -0.05) is 72.8 Å². The summed E-state index contributed by atoms with van der Waals surface area (Å²) in [5, 5.41) is 1.27. The molecule has 3 aliphatic rings. The Balaban J connectivity index is 1.28. The molecule has 0 radical (unpaired) electrons. The summed E-state index contributed by atoms with van der Waals surface area (Å²) in [6.07, 6.45) is 14.9. The van der Waals surface area contributed by atoms with Crippen LogP contribution in [0, 0.1) is 0 Å². The number of benzene rings is 4. The molecule has 0 N–H and O–H groups in total. The van der Waals surface area contributed by atoms with E-state index in [9.17, 15) is 0 Å². The lowest BCUT2D eigenvalue weighted by Crippen LogP contribution is -2.25. The molecule has 220 valence electrons. The number of aromatic nitrogens is 3. The zero-order valence-electron chi connectivity index (χ0n) is 25.7. The van der Waals surface area contributed by atoms with E-state index in [4.69, 9.17) is 4.98 Å². The van der Waals surface area contributed by atoms with Crippen molar-refractivity contribution in [2.24, 2.45) is 0 Å². The molecule has 0 saturated heterocycles. The van der Waals surface area contributed by atoms with Gasteiger partial charge in [-0.2, -0.15) is 0 Å². The van der Waals surface area contributed by atoms with Crippen LogP contribution in [0.1, 0.15) is 56.3 Å².